The van der Waals surface area contributed by atoms with Gasteiger partial charge in [-0.05, 0) is 29.8 Å². The molecule has 0 aliphatic rings. The van der Waals surface area contributed by atoms with Gasteiger partial charge in [0.05, 0.1) is 16.7 Å². The maximum Gasteiger partial charge on any atom is 2.00 e. The molecule has 0 saturated heterocycles. The van der Waals surface area contributed by atoms with Gasteiger partial charge in [0.1, 0.15) is 17.5 Å². The first-order chi connectivity index (χ1) is 19.7. The SMILES string of the molecule is CC(C)c1nc2c3[c-]c(Oc4[c-]c5c(cn4)c4ccncc4n5-c4ccccn4)ccc3c3ccccc3n2n1.[Pt+2]. The summed E-state index contributed by atoms with van der Waals surface area (Å²) in [5, 5.41) is 9.72. The summed E-state index contributed by atoms with van der Waals surface area (Å²) in [7, 11) is 0. The van der Waals surface area contributed by atoms with Gasteiger partial charge in [0.15, 0.2) is 0 Å². The Hall–Kier alpha value is -4.68. The van der Waals surface area contributed by atoms with Crippen LogP contribution < -0.4 is 4.74 Å². The zero-order chi connectivity index (χ0) is 26.8. The van der Waals surface area contributed by atoms with Crippen LogP contribution >= 0.6 is 0 Å². The number of hydrogen-bond donors (Lipinski definition) is 0. The number of pyridine rings is 4. The van der Waals surface area contributed by atoms with E-state index in [9.17, 15) is 0 Å². The van der Waals surface area contributed by atoms with Crippen molar-refractivity contribution >= 4 is 49.1 Å². The fraction of sp³-hybridized carbons (Fsp3) is 0.0938. The third-order valence-corrected chi connectivity index (χ3v) is 7.14. The Morgan fingerprint density at radius 2 is 1.63 bits per heavy atom. The molecule has 0 radical (unpaired) electrons. The maximum absolute atomic E-state index is 6.27. The molecular weight excluding hydrogens is 693 g/mol. The van der Waals surface area contributed by atoms with Gasteiger partial charge in [0, 0.05) is 30.3 Å². The predicted molar refractivity (Wildman–Crippen MR) is 154 cm³/mol. The number of nitrogens with zero attached hydrogens (tertiary/aromatic N) is 7. The van der Waals surface area contributed by atoms with Crippen molar-refractivity contribution in [3.63, 3.8) is 0 Å². The molecule has 200 valence electrons. The van der Waals surface area contributed by atoms with Gasteiger partial charge in [-0.3, -0.25) is 19.5 Å². The van der Waals surface area contributed by atoms with E-state index < -0.39 is 0 Å². The van der Waals surface area contributed by atoms with Crippen LogP contribution in [-0.2, 0) is 21.1 Å². The molecule has 6 heterocycles. The molecule has 0 aliphatic heterocycles. The van der Waals surface area contributed by atoms with Gasteiger partial charge in [-0.2, -0.15) is 11.2 Å². The fourth-order valence-electron chi connectivity index (χ4n) is 5.27. The molecule has 0 bridgehead atoms. The molecule has 41 heavy (non-hydrogen) atoms. The van der Waals surface area contributed by atoms with E-state index >= 15 is 0 Å². The Bertz CT molecular complexity index is 2240. The average Bonchev–Trinajstić information content (AvgIpc) is 3.58. The van der Waals surface area contributed by atoms with Crippen LogP contribution in [0.3, 0.4) is 0 Å². The molecule has 8 rings (SSSR count). The van der Waals surface area contributed by atoms with Crippen LogP contribution in [0.15, 0.2) is 85.5 Å². The fourth-order valence-corrected chi connectivity index (χ4v) is 5.27. The normalized spacial score (nSPS) is 11.7. The quantitative estimate of drug-likeness (QED) is 0.147. The molecular formula is C32H21N7OPt. The van der Waals surface area contributed by atoms with Gasteiger partial charge in [0.2, 0.25) is 0 Å². The molecule has 0 atom stereocenters. The summed E-state index contributed by atoms with van der Waals surface area (Å²) >= 11 is 0. The van der Waals surface area contributed by atoms with E-state index in [2.05, 4.69) is 53.1 Å². The molecule has 0 aliphatic carbocycles. The number of fused-ring (bicyclic) bond motifs is 9. The van der Waals surface area contributed by atoms with E-state index in [-0.39, 0.29) is 27.0 Å². The van der Waals surface area contributed by atoms with E-state index in [0.29, 0.717) is 11.6 Å². The number of para-hydroxylation sites is 1. The minimum Gasteiger partial charge on any atom is -0.478 e. The van der Waals surface area contributed by atoms with Crippen LogP contribution in [0, 0.1) is 12.1 Å². The maximum atomic E-state index is 6.27. The molecule has 0 fully saturated rings. The first-order valence-corrected chi connectivity index (χ1v) is 13.0. The van der Waals surface area contributed by atoms with Crippen LogP contribution in [-0.4, -0.2) is 34.1 Å². The van der Waals surface area contributed by atoms with E-state index in [1.54, 1.807) is 12.4 Å². The van der Waals surface area contributed by atoms with Gasteiger partial charge in [0.25, 0.3) is 0 Å². The Morgan fingerprint density at radius 3 is 2.49 bits per heavy atom. The summed E-state index contributed by atoms with van der Waals surface area (Å²) < 4.78 is 10.2. The summed E-state index contributed by atoms with van der Waals surface area (Å²) in [5.74, 6) is 2.60. The van der Waals surface area contributed by atoms with Crippen LogP contribution in [0.25, 0.3) is 54.9 Å². The number of aromatic nitrogens is 7. The zero-order valence-electron chi connectivity index (χ0n) is 22.0. The molecule has 0 unspecified atom stereocenters. The number of benzene rings is 2. The van der Waals surface area contributed by atoms with E-state index in [1.165, 1.54) is 0 Å². The Kier molecular flexibility index (Phi) is 6.02. The number of hydrogen-bond acceptors (Lipinski definition) is 6. The molecule has 0 amide bonds. The molecule has 6 aromatic heterocycles. The number of rotatable bonds is 4. The molecule has 2 aromatic carbocycles. The minimum atomic E-state index is 0. The Morgan fingerprint density at radius 1 is 0.780 bits per heavy atom. The zero-order valence-corrected chi connectivity index (χ0v) is 24.3. The summed E-state index contributed by atoms with van der Waals surface area (Å²) in [6, 6.07) is 26.8. The van der Waals surface area contributed by atoms with Crippen molar-refractivity contribution in [2.24, 2.45) is 0 Å². The average molecular weight is 715 g/mol. The summed E-state index contributed by atoms with van der Waals surface area (Å²) in [5.41, 5.74) is 3.48. The minimum absolute atomic E-state index is 0. The first-order valence-electron chi connectivity index (χ1n) is 13.0. The first kappa shape index (κ1) is 25.3. The summed E-state index contributed by atoms with van der Waals surface area (Å²) in [6.07, 6.45) is 7.18. The van der Waals surface area contributed by atoms with Crippen LogP contribution in [0.5, 0.6) is 11.6 Å². The van der Waals surface area contributed by atoms with E-state index in [4.69, 9.17) is 14.8 Å². The van der Waals surface area contributed by atoms with Gasteiger partial charge < -0.3 is 9.30 Å². The van der Waals surface area contributed by atoms with Crippen LogP contribution in [0.2, 0.25) is 0 Å². The van der Waals surface area contributed by atoms with Crippen LogP contribution in [0.4, 0.5) is 0 Å². The van der Waals surface area contributed by atoms with E-state index in [1.807, 2.05) is 70.0 Å². The molecule has 0 saturated carbocycles. The monoisotopic (exact) mass is 714 g/mol. The van der Waals surface area contributed by atoms with Crippen molar-refractivity contribution < 1.29 is 25.8 Å². The van der Waals surface area contributed by atoms with Crippen molar-refractivity contribution in [3.05, 3.63) is 103 Å². The molecule has 9 heteroatoms. The molecule has 0 N–H and O–H groups in total. The van der Waals surface area contributed by atoms with Gasteiger partial charge in [-0.25, -0.2) is 4.98 Å². The van der Waals surface area contributed by atoms with Crippen molar-refractivity contribution in [1.29, 1.82) is 0 Å². The number of ether oxygens (including phenoxy) is 1. The second-order valence-corrected chi connectivity index (χ2v) is 9.96. The van der Waals surface area contributed by atoms with Crippen molar-refractivity contribution in [1.82, 2.24) is 34.1 Å². The Labute approximate surface area is 248 Å². The van der Waals surface area contributed by atoms with Crippen molar-refractivity contribution in [3.8, 4) is 17.4 Å². The van der Waals surface area contributed by atoms with Gasteiger partial charge >= 0.3 is 21.1 Å². The molecule has 8 aromatic rings. The summed E-state index contributed by atoms with van der Waals surface area (Å²) in [4.78, 5) is 18.4. The predicted octanol–water partition coefficient (Wildman–Crippen LogP) is 6.83. The molecule has 0 spiro atoms. The summed E-state index contributed by atoms with van der Waals surface area (Å²) in [6.45, 7) is 4.19. The second-order valence-electron chi connectivity index (χ2n) is 9.96. The topological polar surface area (TPSA) is 83.0 Å². The molecule has 8 nitrogen and oxygen atoms in total. The van der Waals surface area contributed by atoms with Gasteiger partial charge in [-0.1, -0.05) is 72.5 Å². The van der Waals surface area contributed by atoms with Crippen LogP contribution in [0.1, 0.15) is 25.6 Å². The van der Waals surface area contributed by atoms with Crippen molar-refractivity contribution in [2.45, 2.75) is 19.8 Å². The van der Waals surface area contributed by atoms with Crippen molar-refractivity contribution in [2.75, 3.05) is 0 Å². The Balaban J connectivity index is 0.00000276. The third kappa shape index (κ3) is 3.97. The van der Waals surface area contributed by atoms with E-state index in [0.717, 1.165) is 60.8 Å². The smallest absolute Gasteiger partial charge is 0.478 e. The van der Waals surface area contributed by atoms with Gasteiger partial charge in [-0.15, -0.1) is 17.0 Å². The largest absolute Gasteiger partial charge is 2.00 e. The standard InChI is InChI=1S/C32H21N7O.Pt/c1-19(2)31-36-32-24-15-20(10-11-21(24)22-7-3-4-8-26(22)39(32)37-31)40-30-16-27-25(17-35-30)23-12-14-33-18-28(23)38(27)29-9-5-6-13-34-29;/h3-14,17-19H,1-2H3;/q-2;+2. The third-order valence-electron chi connectivity index (χ3n) is 7.14. The second kappa shape index (κ2) is 9.75.